The van der Waals surface area contributed by atoms with E-state index in [0.717, 1.165) is 24.8 Å². The first-order chi connectivity index (χ1) is 12.9. The molecule has 0 bridgehead atoms. The molecule has 0 saturated carbocycles. The van der Waals surface area contributed by atoms with Gasteiger partial charge in [0.15, 0.2) is 0 Å². The number of unbranched alkanes of at least 4 members (excludes halogenated alkanes) is 3. The molecule has 2 nitrogen and oxygen atoms in total. The lowest BCUT2D eigenvalue weighted by Gasteiger charge is -2.48. The second-order valence-corrected chi connectivity index (χ2v) is 8.63. The third kappa shape index (κ3) is 6.33. The van der Waals surface area contributed by atoms with Gasteiger partial charge in [-0.15, -0.1) is 0 Å². The molecule has 0 amide bonds. The fraction of sp³-hybridized carbons (Fsp3) is 0.600. The molecule has 1 N–H and O–H groups in total. The minimum atomic E-state index is -0.807. The van der Waals surface area contributed by atoms with E-state index in [4.69, 9.17) is 4.74 Å². The van der Waals surface area contributed by atoms with Gasteiger partial charge in [0.2, 0.25) is 0 Å². The van der Waals surface area contributed by atoms with Crippen LogP contribution in [0, 0.1) is 5.92 Å². The molecule has 2 unspecified atom stereocenters. The molecule has 2 heteroatoms. The van der Waals surface area contributed by atoms with Crippen molar-refractivity contribution >= 4 is 6.08 Å². The van der Waals surface area contributed by atoms with Crippen LogP contribution in [0.3, 0.4) is 0 Å². The van der Waals surface area contributed by atoms with Crippen molar-refractivity contribution in [1.29, 1.82) is 0 Å². The zero-order valence-electron chi connectivity index (χ0n) is 17.7. The number of hydrogen-bond donors (Lipinski definition) is 1. The Bertz CT molecular complexity index is 612. The molecule has 1 aliphatic rings. The molecule has 1 fully saturated rings. The fourth-order valence-corrected chi connectivity index (χ4v) is 4.27. The SMILES string of the molecule is CCCCCCC1(CC(C)C)OCCC(C)(O)C1=CC=Cc1ccccc1. The van der Waals surface area contributed by atoms with Gasteiger partial charge in [-0.25, -0.2) is 0 Å². The number of benzene rings is 1. The predicted molar refractivity (Wildman–Crippen MR) is 116 cm³/mol. The maximum atomic E-state index is 11.2. The maximum absolute atomic E-state index is 11.2. The molecule has 0 spiro atoms. The zero-order chi connectivity index (χ0) is 19.8. The Balaban J connectivity index is 2.31. The molecular formula is C25H38O2. The predicted octanol–water partition coefficient (Wildman–Crippen LogP) is 6.55. The van der Waals surface area contributed by atoms with Crippen LogP contribution in [-0.4, -0.2) is 22.9 Å². The standard InChI is InChI=1S/C25H38O2/c1-5-6-7-11-17-25(20-21(2)3)23(24(4,26)18-19-27-25)16-12-15-22-13-9-8-10-14-22/h8-10,12-16,21,26H,5-7,11,17-20H2,1-4H3. The van der Waals surface area contributed by atoms with Gasteiger partial charge in [0.25, 0.3) is 0 Å². The summed E-state index contributed by atoms with van der Waals surface area (Å²) in [7, 11) is 0. The first kappa shape index (κ1) is 21.9. The molecule has 2 rings (SSSR count). The highest BCUT2D eigenvalue weighted by molar-refractivity contribution is 5.52. The van der Waals surface area contributed by atoms with Gasteiger partial charge in [0, 0.05) is 6.42 Å². The van der Waals surface area contributed by atoms with Crippen LogP contribution >= 0.6 is 0 Å². The third-order valence-corrected chi connectivity index (χ3v) is 5.56. The van der Waals surface area contributed by atoms with E-state index in [0.29, 0.717) is 18.9 Å². The number of aliphatic hydroxyl groups is 1. The largest absolute Gasteiger partial charge is 0.386 e. The molecule has 1 saturated heterocycles. The minimum Gasteiger partial charge on any atom is -0.386 e. The lowest BCUT2D eigenvalue weighted by Crippen LogP contribution is -2.51. The summed E-state index contributed by atoms with van der Waals surface area (Å²) in [6.07, 6.45) is 13.8. The average Bonchev–Trinajstić information content (AvgIpc) is 2.61. The molecule has 1 heterocycles. The topological polar surface area (TPSA) is 29.5 Å². The van der Waals surface area contributed by atoms with Crippen LogP contribution in [0.15, 0.2) is 48.1 Å². The molecule has 150 valence electrons. The molecule has 1 aromatic carbocycles. The fourth-order valence-electron chi connectivity index (χ4n) is 4.27. The number of allylic oxidation sites excluding steroid dienone is 2. The van der Waals surface area contributed by atoms with E-state index in [1.807, 2.05) is 25.1 Å². The number of ether oxygens (including phenoxy) is 1. The Morgan fingerprint density at radius 1 is 1.15 bits per heavy atom. The van der Waals surface area contributed by atoms with E-state index in [1.54, 1.807) is 0 Å². The molecule has 1 aromatic rings. The first-order valence-corrected chi connectivity index (χ1v) is 10.7. The summed E-state index contributed by atoms with van der Waals surface area (Å²) in [5, 5.41) is 11.2. The van der Waals surface area contributed by atoms with Crippen molar-refractivity contribution in [3.05, 3.63) is 53.6 Å². The highest BCUT2D eigenvalue weighted by Crippen LogP contribution is 2.44. The van der Waals surface area contributed by atoms with E-state index in [2.05, 4.69) is 51.1 Å². The summed E-state index contributed by atoms with van der Waals surface area (Å²) in [6.45, 7) is 9.33. The van der Waals surface area contributed by atoms with Crippen LogP contribution in [0.4, 0.5) is 0 Å². The van der Waals surface area contributed by atoms with Gasteiger partial charge in [-0.1, -0.05) is 95.0 Å². The molecule has 0 aromatic heterocycles. The van der Waals surface area contributed by atoms with Crippen LogP contribution in [0.25, 0.3) is 6.08 Å². The van der Waals surface area contributed by atoms with E-state index < -0.39 is 5.60 Å². The van der Waals surface area contributed by atoms with Gasteiger partial charge in [-0.05, 0) is 36.8 Å². The Morgan fingerprint density at radius 3 is 2.56 bits per heavy atom. The van der Waals surface area contributed by atoms with E-state index in [9.17, 15) is 5.11 Å². The van der Waals surface area contributed by atoms with Gasteiger partial charge in [0.1, 0.15) is 0 Å². The van der Waals surface area contributed by atoms with Crippen molar-refractivity contribution in [3.63, 3.8) is 0 Å². The highest BCUT2D eigenvalue weighted by atomic mass is 16.5. The highest BCUT2D eigenvalue weighted by Gasteiger charge is 2.46. The maximum Gasteiger partial charge on any atom is 0.0924 e. The van der Waals surface area contributed by atoms with Gasteiger partial charge >= 0.3 is 0 Å². The van der Waals surface area contributed by atoms with E-state index in [-0.39, 0.29) is 5.60 Å². The van der Waals surface area contributed by atoms with Gasteiger partial charge in [-0.2, -0.15) is 0 Å². The smallest absolute Gasteiger partial charge is 0.0924 e. The minimum absolute atomic E-state index is 0.343. The Labute approximate surface area is 166 Å². The van der Waals surface area contributed by atoms with Crippen LogP contribution in [-0.2, 0) is 4.74 Å². The monoisotopic (exact) mass is 370 g/mol. The summed E-state index contributed by atoms with van der Waals surface area (Å²) in [5.74, 6) is 0.520. The Morgan fingerprint density at radius 2 is 1.89 bits per heavy atom. The van der Waals surface area contributed by atoms with Crippen LogP contribution in [0.5, 0.6) is 0 Å². The first-order valence-electron chi connectivity index (χ1n) is 10.7. The summed E-state index contributed by atoms with van der Waals surface area (Å²) in [5.41, 5.74) is 1.07. The average molecular weight is 371 g/mol. The molecule has 2 atom stereocenters. The normalized spacial score (nSPS) is 27.7. The van der Waals surface area contributed by atoms with Crippen molar-refractivity contribution in [2.75, 3.05) is 6.61 Å². The lowest BCUT2D eigenvalue weighted by molar-refractivity contribution is -0.114. The van der Waals surface area contributed by atoms with Gasteiger partial charge in [0.05, 0.1) is 17.8 Å². The molecule has 0 aliphatic carbocycles. The van der Waals surface area contributed by atoms with Crippen molar-refractivity contribution in [1.82, 2.24) is 0 Å². The summed E-state index contributed by atoms with van der Waals surface area (Å²) < 4.78 is 6.45. The zero-order valence-corrected chi connectivity index (χ0v) is 17.7. The molecule has 0 radical (unpaired) electrons. The van der Waals surface area contributed by atoms with Crippen molar-refractivity contribution in [2.45, 2.75) is 83.8 Å². The molecular weight excluding hydrogens is 332 g/mol. The summed E-state index contributed by atoms with van der Waals surface area (Å²) >= 11 is 0. The van der Waals surface area contributed by atoms with Crippen molar-refractivity contribution in [3.8, 4) is 0 Å². The number of rotatable bonds is 9. The second kappa shape index (κ2) is 10.2. The van der Waals surface area contributed by atoms with Gasteiger partial charge < -0.3 is 9.84 Å². The third-order valence-electron chi connectivity index (χ3n) is 5.56. The Kier molecular flexibility index (Phi) is 8.31. The second-order valence-electron chi connectivity index (χ2n) is 8.63. The van der Waals surface area contributed by atoms with E-state index >= 15 is 0 Å². The summed E-state index contributed by atoms with van der Waals surface area (Å²) in [6, 6.07) is 10.3. The molecule has 27 heavy (non-hydrogen) atoms. The molecule has 1 aliphatic heterocycles. The number of hydrogen-bond acceptors (Lipinski definition) is 2. The van der Waals surface area contributed by atoms with Crippen LogP contribution < -0.4 is 0 Å². The van der Waals surface area contributed by atoms with Crippen LogP contribution in [0.2, 0.25) is 0 Å². The quantitative estimate of drug-likeness (QED) is 0.499. The van der Waals surface area contributed by atoms with Gasteiger partial charge in [-0.3, -0.25) is 0 Å². The van der Waals surface area contributed by atoms with Crippen molar-refractivity contribution in [2.24, 2.45) is 5.92 Å². The van der Waals surface area contributed by atoms with Crippen LogP contribution in [0.1, 0.15) is 78.2 Å². The lowest BCUT2D eigenvalue weighted by atomic mass is 9.71. The van der Waals surface area contributed by atoms with E-state index in [1.165, 1.54) is 24.8 Å². The Hall–Kier alpha value is -1.38. The van der Waals surface area contributed by atoms with Crippen molar-refractivity contribution < 1.29 is 9.84 Å². The summed E-state index contributed by atoms with van der Waals surface area (Å²) in [4.78, 5) is 0.